The first kappa shape index (κ1) is 13.7. The van der Waals surface area contributed by atoms with Crippen LogP contribution in [-0.2, 0) is 0 Å². The highest BCUT2D eigenvalue weighted by Gasteiger charge is 2.44. The molecule has 1 saturated carbocycles. The number of halogens is 4. The minimum absolute atomic E-state index is 0.0742. The van der Waals surface area contributed by atoms with Gasteiger partial charge in [0.2, 0.25) is 0 Å². The predicted octanol–water partition coefficient (Wildman–Crippen LogP) is 5.34. The lowest BCUT2D eigenvalue weighted by Gasteiger charge is -2.12. The average molecular weight is 341 g/mol. The summed E-state index contributed by atoms with van der Waals surface area (Å²) in [5, 5.41) is 0. The molecule has 0 aromatic heterocycles. The van der Waals surface area contributed by atoms with E-state index in [-0.39, 0.29) is 11.5 Å². The maximum absolute atomic E-state index is 13.8. The van der Waals surface area contributed by atoms with E-state index >= 15 is 0 Å². The Morgan fingerprint density at radius 2 is 1.60 bits per heavy atom. The molecular weight excluding hydrogens is 329 g/mol. The van der Waals surface area contributed by atoms with E-state index in [0.29, 0.717) is 5.92 Å². The van der Waals surface area contributed by atoms with Gasteiger partial charge in [0.05, 0.1) is 0 Å². The molecule has 0 saturated heterocycles. The summed E-state index contributed by atoms with van der Waals surface area (Å²) < 4.78 is 40.5. The summed E-state index contributed by atoms with van der Waals surface area (Å²) in [6.07, 6.45) is 0.871. The van der Waals surface area contributed by atoms with Gasteiger partial charge < -0.3 is 0 Å². The molecule has 2 aromatic carbocycles. The van der Waals surface area contributed by atoms with Crippen LogP contribution in [0.3, 0.4) is 0 Å². The first-order valence-corrected chi connectivity index (χ1v) is 7.33. The first-order chi connectivity index (χ1) is 9.58. The van der Waals surface area contributed by atoms with E-state index in [4.69, 9.17) is 0 Å². The molecule has 0 bridgehead atoms. The fourth-order valence-electron chi connectivity index (χ4n) is 2.65. The molecule has 0 N–H and O–H groups in total. The molecule has 0 heterocycles. The number of rotatable bonds is 3. The number of benzene rings is 2. The molecule has 1 aliphatic rings. The van der Waals surface area contributed by atoms with Gasteiger partial charge in [-0.25, -0.2) is 13.2 Å². The molecule has 20 heavy (non-hydrogen) atoms. The quantitative estimate of drug-likeness (QED) is 0.661. The molecule has 4 heteroatoms. The van der Waals surface area contributed by atoms with Gasteiger partial charge in [-0.2, -0.15) is 0 Å². The Hall–Kier alpha value is -1.29. The summed E-state index contributed by atoms with van der Waals surface area (Å²) in [7, 11) is 0. The van der Waals surface area contributed by atoms with E-state index in [2.05, 4.69) is 15.9 Å². The highest BCUT2D eigenvalue weighted by molar-refractivity contribution is 9.09. The minimum atomic E-state index is -0.890. The Morgan fingerprint density at radius 3 is 2.20 bits per heavy atom. The summed E-state index contributed by atoms with van der Waals surface area (Å²) in [4.78, 5) is -0.437. The largest absolute Gasteiger partial charge is 0.207 e. The molecule has 3 unspecified atom stereocenters. The Morgan fingerprint density at radius 1 is 1.00 bits per heavy atom. The summed E-state index contributed by atoms with van der Waals surface area (Å²) in [5.41, 5.74) is 1.10. The van der Waals surface area contributed by atoms with Crippen molar-refractivity contribution in [3.05, 3.63) is 71.0 Å². The number of hydrogen-bond donors (Lipinski definition) is 0. The third-order valence-electron chi connectivity index (χ3n) is 3.76. The van der Waals surface area contributed by atoms with Crippen molar-refractivity contribution in [1.82, 2.24) is 0 Å². The van der Waals surface area contributed by atoms with Crippen molar-refractivity contribution in [3.63, 3.8) is 0 Å². The van der Waals surface area contributed by atoms with Crippen molar-refractivity contribution >= 4 is 15.9 Å². The molecule has 1 aliphatic carbocycles. The van der Waals surface area contributed by atoms with Gasteiger partial charge in [-0.15, -0.1) is 0 Å². The predicted molar refractivity (Wildman–Crippen MR) is 75.3 cm³/mol. The van der Waals surface area contributed by atoms with E-state index in [0.717, 1.165) is 18.6 Å². The molecule has 3 atom stereocenters. The van der Waals surface area contributed by atoms with Crippen molar-refractivity contribution < 1.29 is 13.2 Å². The van der Waals surface area contributed by atoms with E-state index < -0.39 is 22.3 Å². The fourth-order valence-corrected chi connectivity index (χ4v) is 3.67. The van der Waals surface area contributed by atoms with Gasteiger partial charge in [-0.1, -0.05) is 46.3 Å². The van der Waals surface area contributed by atoms with Crippen LogP contribution in [-0.4, -0.2) is 0 Å². The topological polar surface area (TPSA) is 0 Å². The summed E-state index contributed by atoms with van der Waals surface area (Å²) in [5.74, 6) is -2.12. The van der Waals surface area contributed by atoms with Gasteiger partial charge in [0, 0.05) is 22.5 Å². The van der Waals surface area contributed by atoms with E-state index in [9.17, 15) is 13.2 Å². The number of alkyl halides is 1. The van der Waals surface area contributed by atoms with E-state index in [1.54, 1.807) is 0 Å². The molecule has 0 spiro atoms. The molecule has 0 radical (unpaired) electrons. The van der Waals surface area contributed by atoms with Gasteiger partial charge in [0.25, 0.3) is 0 Å². The standard InChI is InChI=1S/C16H12BrF3/c17-16(15-13(19)6-10(18)7-14(15)20)12-8-11(12)9-4-2-1-3-5-9/h1-7,11-12,16H,8H2. The zero-order valence-electron chi connectivity index (χ0n) is 10.5. The molecule has 3 rings (SSSR count). The highest BCUT2D eigenvalue weighted by atomic mass is 79.9. The smallest absolute Gasteiger partial charge is 0.133 e. The zero-order valence-corrected chi connectivity index (χ0v) is 12.1. The van der Waals surface area contributed by atoms with Crippen LogP contribution in [0, 0.1) is 23.4 Å². The average Bonchev–Trinajstić information content (AvgIpc) is 3.18. The Balaban J connectivity index is 1.84. The molecule has 0 amide bonds. The Kier molecular flexibility index (Phi) is 3.59. The van der Waals surface area contributed by atoms with Crippen LogP contribution in [0.25, 0.3) is 0 Å². The van der Waals surface area contributed by atoms with Gasteiger partial charge in [0.15, 0.2) is 0 Å². The van der Waals surface area contributed by atoms with Crippen molar-refractivity contribution in [3.8, 4) is 0 Å². The monoisotopic (exact) mass is 340 g/mol. The second-order valence-electron chi connectivity index (χ2n) is 5.10. The van der Waals surface area contributed by atoms with Crippen molar-refractivity contribution in [2.45, 2.75) is 17.2 Å². The van der Waals surface area contributed by atoms with Gasteiger partial charge in [-0.05, 0) is 23.8 Å². The third kappa shape index (κ3) is 2.49. The van der Waals surface area contributed by atoms with Crippen LogP contribution < -0.4 is 0 Å². The zero-order chi connectivity index (χ0) is 14.3. The Bertz CT molecular complexity index is 604. The fraction of sp³-hybridized carbons (Fsp3) is 0.250. The third-order valence-corrected chi connectivity index (χ3v) is 4.90. The molecule has 0 nitrogen and oxygen atoms in total. The summed E-state index contributed by atoms with van der Waals surface area (Å²) in [6, 6.07) is 11.3. The molecule has 1 fully saturated rings. The molecule has 0 aliphatic heterocycles. The minimum Gasteiger partial charge on any atom is -0.207 e. The lowest BCUT2D eigenvalue weighted by atomic mass is 10.0. The normalized spacial score (nSPS) is 22.6. The van der Waals surface area contributed by atoms with Crippen molar-refractivity contribution in [2.75, 3.05) is 0 Å². The van der Waals surface area contributed by atoms with Gasteiger partial charge in [0.1, 0.15) is 17.5 Å². The van der Waals surface area contributed by atoms with Crippen LogP contribution in [0.15, 0.2) is 42.5 Å². The highest BCUT2D eigenvalue weighted by Crippen LogP contribution is 2.57. The van der Waals surface area contributed by atoms with Crippen LogP contribution >= 0.6 is 15.9 Å². The van der Waals surface area contributed by atoms with Gasteiger partial charge in [-0.3, -0.25) is 0 Å². The molecule has 2 aromatic rings. The van der Waals surface area contributed by atoms with Crippen molar-refractivity contribution in [2.24, 2.45) is 5.92 Å². The molecular formula is C16H12BrF3. The van der Waals surface area contributed by atoms with Crippen LogP contribution in [0.5, 0.6) is 0 Å². The second-order valence-corrected chi connectivity index (χ2v) is 6.09. The SMILES string of the molecule is Fc1cc(F)c(C(Br)C2CC2c2ccccc2)c(F)c1. The van der Waals surface area contributed by atoms with Crippen molar-refractivity contribution in [1.29, 1.82) is 0 Å². The first-order valence-electron chi connectivity index (χ1n) is 6.41. The molecule has 104 valence electrons. The van der Waals surface area contributed by atoms with Crippen LogP contribution in [0.1, 0.15) is 28.3 Å². The summed E-state index contributed by atoms with van der Waals surface area (Å²) >= 11 is 3.37. The summed E-state index contributed by atoms with van der Waals surface area (Å²) in [6.45, 7) is 0. The van der Waals surface area contributed by atoms with Gasteiger partial charge >= 0.3 is 0 Å². The second kappa shape index (κ2) is 5.24. The lowest BCUT2D eigenvalue weighted by molar-refractivity contribution is 0.516. The maximum atomic E-state index is 13.8. The maximum Gasteiger partial charge on any atom is 0.133 e. The number of hydrogen-bond acceptors (Lipinski definition) is 0. The van der Waals surface area contributed by atoms with E-state index in [1.165, 1.54) is 5.56 Å². The van der Waals surface area contributed by atoms with Crippen LogP contribution in [0.2, 0.25) is 0 Å². The lowest BCUT2D eigenvalue weighted by Crippen LogP contribution is -2.03. The Labute approximate surface area is 123 Å². The van der Waals surface area contributed by atoms with Crippen LogP contribution in [0.4, 0.5) is 13.2 Å². The van der Waals surface area contributed by atoms with E-state index in [1.807, 2.05) is 30.3 Å².